The molecule has 0 radical (unpaired) electrons. The molecule has 112 valence electrons. The van der Waals surface area contributed by atoms with Crippen LogP contribution in [0.4, 0.5) is 0 Å². The SMILES string of the molecule is CC(C)(C)[Si](C)(C)OC(=O)COc1ccc(Cl)cc1Cl. The summed E-state index contributed by atoms with van der Waals surface area (Å²) in [6, 6.07) is 4.85. The van der Waals surface area contributed by atoms with Gasteiger partial charge in [-0.05, 0) is 36.3 Å². The summed E-state index contributed by atoms with van der Waals surface area (Å²) < 4.78 is 11.0. The van der Waals surface area contributed by atoms with Crippen molar-refractivity contribution in [2.75, 3.05) is 6.61 Å². The molecule has 0 aromatic heterocycles. The summed E-state index contributed by atoms with van der Waals surface area (Å²) in [6.07, 6.45) is 0. The summed E-state index contributed by atoms with van der Waals surface area (Å²) in [5, 5.41) is 0.865. The van der Waals surface area contributed by atoms with Crippen LogP contribution in [-0.4, -0.2) is 20.9 Å². The van der Waals surface area contributed by atoms with Gasteiger partial charge in [-0.15, -0.1) is 0 Å². The van der Waals surface area contributed by atoms with Gasteiger partial charge in [-0.2, -0.15) is 0 Å². The van der Waals surface area contributed by atoms with E-state index < -0.39 is 8.32 Å². The van der Waals surface area contributed by atoms with E-state index in [9.17, 15) is 4.79 Å². The minimum Gasteiger partial charge on any atom is -0.517 e. The van der Waals surface area contributed by atoms with Crippen molar-refractivity contribution in [1.29, 1.82) is 0 Å². The molecule has 0 spiro atoms. The van der Waals surface area contributed by atoms with Gasteiger partial charge in [-0.3, -0.25) is 0 Å². The van der Waals surface area contributed by atoms with E-state index in [0.29, 0.717) is 15.8 Å². The number of carbonyl (C=O) groups excluding carboxylic acids is 1. The zero-order chi connectivity index (χ0) is 15.6. The highest BCUT2D eigenvalue weighted by molar-refractivity contribution is 6.75. The summed E-state index contributed by atoms with van der Waals surface area (Å²) in [7, 11) is -2.11. The van der Waals surface area contributed by atoms with Crippen LogP contribution in [0.2, 0.25) is 28.2 Å². The highest BCUT2D eigenvalue weighted by Crippen LogP contribution is 2.36. The molecule has 0 N–H and O–H groups in total. The van der Waals surface area contributed by atoms with Crippen LogP contribution in [0.5, 0.6) is 5.75 Å². The summed E-state index contributed by atoms with van der Waals surface area (Å²) in [4.78, 5) is 11.9. The average Bonchev–Trinajstić information content (AvgIpc) is 2.25. The molecular weight excluding hydrogens is 315 g/mol. The Balaban J connectivity index is 2.60. The quantitative estimate of drug-likeness (QED) is 0.733. The molecule has 0 bridgehead atoms. The Morgan fingerprint density at radius 3 is 2.35 bits per heavy atom. The third-order valence-electron chi connectivity index (χ3n) is 3.41. The third-order valence-corrected chi connectivity index (χ3v) is 8.30. The predicted octanol–water partition coefficient (Wildman–Crippen LogP) is 4.92. The molecule has 0 atom stereocenters. The van der Waals surface area contributed by atoms with Crippen LogP contribution in [0.15, 0.2) is 18.2 Å². The number of ether oxygens (including phenoxy) is 1. The zero-order valence-corrected chi connectivity index (χ0v) is 14.9. The first kappa shape index (κ1) is 17.3. The van der Waals surface area contributed by atoms with Crippen LogP contribution >= 0.6 is 23.2 Å². The normalized spacial score (nSPS) is 12.2. The lowest BCUT2D eigenvalue weighted by atomic mass is 10.2. The van der Waals surface area contributed by atoms with E-state index in [0.717, 1.165) is 0 Å². The number of rotatable bonds is 4. The second-order valence-electron chi connectivity index (χ2n) is 6.10. The minimum atomic E-state index is -2.11. The Kier molecular flexibility index (Phi) is 5.52. The highest BCUT2D eigenvalue weighted by Gasteiger charge is 2.40. The molecule has 0 saturated carbocycles. The fourth-order valence-electron chi connectivity index (χ4n) is 1.20. The minimum absolute atomic E-state index is 0.0272. The van der Waals surface area contributed by atoms with Gasteiger partial charge in [-0.1, -0.05) is 44.0 Å². The Bertz CT molecular complexity index is 496. The molecule has 0 aliphatic rings. The Hall–Kier alpha value is -0.713. The summed E-state index contributed by atoms with van der Waals surface area (Å²) >= 11 is 11.8. The molecule has 1 aromatic rings. The van der Waals surface area contributed by atoms with Crippen LogP contribution < -0.4 is 4.74 Å². The molecule has 0 amide bonds. The van der Waals surface area contributed by atoms with Gasteiger partial charge < -0.3 is 9.16 Å². The molecule has 1 rings (SSSR count). The van der Waals surface area contributed by atoms with Crippen LogP contribution in [0.1, 0.15) is 20.8 Å². The summed E-state index contributed by atoms with van der Waals surface area (Å²) in [6.45, 7) is 10.1. The van der Waals surface area contributed by atoms with Crippen LogP contribution in [0.3, 0.4) is 0 Å². The fraction of sp³-hybridized carbons (Fsp3) is 0.500. The predicted molar refractivity (Wildman–Crippen MR) is 85.2 cm³/mol. The lowest BCUT2D eigenvalue weighted by Gasteiger charge is -2.35. The van der Waals surface area contributed by atoms with E-state index in [1.54, 1.807) is 18.2 Å². The smallest absolute Gasteiger partial charge is 0.330 e. The van der Waals surface area contributed by atoms with E-state index in [-0.39, 0.29) is 17.6 Å². The number of carbonyl (C=O) groups is 1. The van der Waals surface area contributed by atoms with Crippen molar-refractivity contribution in [2.45, 2.75) is 38.9 Å². The monoisotopic (exact) mass is 334 g/mol. The first-order chi connectivity index (χ1) is 9.03. The molecule has 3 nitrogen and oxygen atoms in total. The van der Waals surface area contributed by atoms with E-state index in [4.69, 9.17) is 32.4 Å². The van der Waals surface area contributed by atoms with Crippen LogP contribution in [-0.2, 0) is 9.22 Å². The Morgan fingerprint density at radius 2 is 1.85 bits per heavy atom. The second-order valence-corrected chi connectivity index (χ2v) is 11.7. The fourth-order valence-corrected chi connectivity index (χ4v) is 2.59. The molecule has 0 saturated heterocycles. The maximum atomic E-state index is 11.9. The maximum Gasteiger partial charge on any atom is 0.330 e. The van der Waals surface area contributed by atoms with Crippen molar-refractivity contribution < 1.29 is 14.0 Å². The van der Waals surface area contributed by atoms with Crippen molar-refractivity contribution >= 4 is 37.5 Å². The summed E-state index contributed by atoms with van der Waals surface area (Å²) in [5.74, 6) is 0.0471. The molecule has 20 heavy (non-hydrogen) atoms. The maximum absolute atomic E-state index is 11.9. The van der Waals surface area contributed by atoms with E-state index in [1.807, 2.05) is 13.1 Å². The first-order valence-corrected chi connectivity index (χ1v) is 9.99. The molecule has 0 aliphatic carbocycles. The average molecular weight is 335 g/mol. The largest absolute Gasteiger partial charge is 0.517 e. The summed E-state index contributed by atoms with van der Waals surface area (Å²) in [5.41, 5.74) is 0. The number of hydrogen-bond donors (Lipinski definition) is 0. The number of benzene rings is 1. The van der Waals surface area contributed by atoms with Gasteiger partial charge in [-0.25, -0.2) is 4.79 Å². The van der Waals surface area contributed by atoms with Gasteiger partial charge in [0, 0.05) is 5.02 Å². The van der Waals surface area contributed by atoms with Crippen molar-refractivity contribution in [3.05, 3.63) is 28.2 Å². The zero-order valence-electron chi connectivity index (χ0n) is 12.4. The topological polar surface area (TPSA) is 35.5 Å². The van der Waals surface area contributed by atoms with Crippen molar-refractivity contribution in [3.63, 3.8) is 0 Å². The van der Waals surface area contributed by atoms with Gasteiger partial charge in [0.1, 0.15) is 5.75 Å². The molecule has 0 unspecified atom stereocenters. The van der Waals surface area contributed by atoms with Gasteiger partial charge in [0.15, 0.2) is 6.61 Å². The molecule has 0 heterocycles. The van der Waals surface area contributed by atoms with Crippen LogP contribution in [0.25, 0.3) is 0 Å². The third kappa shape index (κ3) is 4.68. The van der Waals surface area contributed by atoms with Crippen molar-refractivity contribution in [1.82, 2.24) is 0 Å². The van der Waals surface area contributed by atoms with E-state index in [1.165, 1.54) is 0 Å². The van der Waals surface area contributed by atoms with Gasteiger partial charge in [0.25, 0.3) is 8.32 Å². The Morgan fingerprint density at radius 1 is 1.25 bits per heavy atom. The van der Waals surface area contributed by atoms with Crippen molar-refractivity contribution in [2.24, 2.45) is 0 Å². The van der Waals surface area contributed by atoms with Gasteiger partial charge >= 0.3 is 5.97 Å². The molecule has 0 aliphatic heterocycles. The molecule has 6 heteroatoms. The lowest BCUT2D eigenvalue weighted by molar-refractivity contribution is -0.137. The molecule has 1 aromatic carbocycles. The standard InChI is InChI=1S/C14H20Cl2O3Si/c1-14(2,3)20(4,5)19-13(17)9-18-12-7-6-10(15)8-11(12)16/h6-8H,9H2,1-5H3. The second kappa shape index (κ2) is 6.37. The highest BCUT2D eigenvalue weighted by atomic mass is 35.5. The van der Waals surface area contributed by atoms with Gasteiger partial charge in [0.05, 0.1) is 5.02 Å². The lowest BCUT2D eigenvalue weighted by Crippen LogP contribution is -2.43. The number of hydrogen-bond acceptors (Lipinski definition) is 3. The molecule has 0 fully saturated rings. The number of halogens is 2. The molecular formula is C14H20Cl2O3Si. The van der Waals surface area contributed by atoms with E-state index in [2.05, 4.69) is 20.8 Å². The Labute approximate surface area is 131 Å². The van der Waals surface area contributed by atoms with E-state index >= 15 is 0 Å². The first-order valence-electron chi connectivity index (χ1n) is 6.32. The van der Waals surface area contributed by atoms with Gasteiger partial charge in [0.2, 0.25) is 0 Å². The van der Waals surface area contributed by atoms with Crippen molar-refractivity contribution in [3.8, 4) is 5.75 Å². The van der Waals surface area contributed by atoms with Crippen LogP contribution in [0, 0.1) is 0 Å².